The van der Waals surface area contributed by atoms with Gasteiger partial charge in [-0.3, -0.25) is 34.3 Å². The zero-order valence-electron chi connectivity index (χ0n) is 45.1. The molecule has 402 valence electrons. The van der Waals surface area contributed by atoms with Gasteiger partial charge in [0, 0.05) is 71.9 Å². The van der Waals surface area contributed by atoms with Crippen LogP contribution in [0, 0.1) is 39.0 Å². The lowest BCUT2D eigenvalue weighted by atomic mass is 10.0. The van der Waals surface area contributed by atoms with Crippen LogP contribution in [0.3, 0.4) is 0 Å². The molecule has 0 unspecified atom stereocenters. The van der Waals surface area contributed by atoms with Crippen molar-refractivity contribution in [2.24, 2.45) is 0 Å². The van der Waals surface area contributed by atoms with Crippen molar-refractivity contribution >= 4 is 97.2 Å². The Balaban J connectivity index is 0.000000226. The minimum atomic E-state index is -0.0622. The fourth-order valence-electron chi connectivity index (χ4n) is 8.24. The summed E-state index contributed by atoms with van der Waals surface area (Å²) in [5.41, 5.74) is 11.4. The van der Waals surface area contributed by atoms with Crippen molar-refractivity contribution in [2.75, 3.05) is 62.5 Å². The molecule has 0 aliphatic carbocycles. The number of halogens is 2. The first-order chi connectivity index (χ1) is 37.5. The number of aromatic nitrogens is 4. The third-order valence-electron chi connectivity index (χ3n) is 12.7. The van der Waals surface area contributed by atoms with Crippen LogP contribution in [0.15, 0.2) is 110 Å². The number of nitrogens with zero attached hydrogens (tertiary/aromatic N) is 7. The summed E-state index contributed by atoms with van der Waals surface area (Å²) in [6.45, 7) is 10.1. The molecule has 0 saturated carbocycles. The molecule has 4 aromatic heterocycles. The largest absolute Gasteiger partial charge is 0.487 e. The van der Waals surface area contributed by atoms with Gasteiger partial charge < -0.3 is 40.5 Å². The summed E-state index contributed by atoms with van der Waals surface area (Å²) >= 11 is 13.2. The third-order valence-corrected chi connectivity index (χ3v) is 13.3. The minimum Gasteiger partial charge on any atom is -0.487 e. The molecule has 18 heteroatoms. The van der Waals surface area contributed by atoms with Gasteiger partial charge in [-0.1, -0.05) is 35.3 Å². The zero-order valence-corrected chi connectivity index (χ0v) is 46.6. The quantitative estimate of drug-likeness (QED) is 0.0495. The van der Waals surface area contributed by atoms with Crippen molar-refractivity contribution in [2.45, 2.75) is 66.6 Å². The van der Waals surface area contributed by atoms with E-state index in [1.54, 1.807) is 42.7 Å². The second kappa shape index (κ2) is 27.2. The number of aryl methyl sites for hydroxylation is 4. The summed E-state index contributed by atoms with van der Waals surface area (Å²) in [6.07, 6.45) is 9.63. The van der Waals surface area contributed by atoms with E-state index in [1.165, 1.54) is 12.4 Å². The van der Waals surface area contributed by atoms with Gasteiger partial charge in [-0.25, -0.2) is 0 Å². The molecule has 8 aromatic rings. The maximum atomic E-state index is 12.6. The number of hydrogen-bond donors (Lipinski definition) is 4. The Labute approximate surface area is 465 Å². The highest BCUT2D eigenvalue weighted by atomic mass is 35.5. The molecule has 4 aromatic carbocycles. The number of ether oxygens (including phenoxy) is 2. The normalized spacial score (nSPS) is 11.0. The number of amides is 2. The lowest BCUT2D eigenvalue weighted by Gasteiger charge is -2.16. The van der Waals surface area contributed by atoms with E-state index in [0.717, 1.165) is 65.9 Å². The van der Waals surface area contributed by atoms with Crippen LogP contribution in [0.5, 0.6) is 11.5 Å². The highest BCUT2D eigenvalue weighted by Gasteiger charge is 2.18. The first-order valence-corrected chi connectivity index (χ1v) is 26.1. The molecule has 0 radical (unpaired) electrons. The minimum absolute atomic E-state index is 0.0577. The van der Waals surface area contributed by atoms with Crippen LogP contribution >= 0.6 is 23.2 Å². The van der Waals surface area contributed by atoms with E-state index in [1.807, 2.05) is 120 Å². The number of nitriles is 1. The standard InChI is InChI=1S/C30H31ClN6O2.C30H32ClN5O3/c1-19-7-5-11-33-28(19)18-39-22-9-10-25(24(31)14-22)36-30-21(16-32)17-34-27-13-20(2)26(15-23(27)30)35-29(38)8-6-12-37(3)4;1-19-7-5-11-32-28(19)18-39-22-9-10-25(24(31)14-22)35-30-21(17-37)16-33-27-13-20(2)26(15-23(27)30)34-29(38)8-6-12-36(3)4/h5,7,9-11,13-15,17H,6,8,12,18H2,1-4H3,(H,34,36)(H,35,38);5,7,9-11,13-17H,6,8,12,18H2,1-4H3,(H,33,35)(H,34,38). The number of anilines is 6. The Bertz CT molecular complexity index is 3510. The third kappa shape index (κ3) is 15.5. The number of fused-ring (bicyclic) bond motifs is 2. The molecule has 0 aliphatic heterocycles. The lowest BCUT2D eigenvalue weighted by molar-refractivity contribution is -0.117. The molecule has 0 bridgehead atoms. The van der Waals surface area contributed by atoms with E-state index < -0.39 is 0 Å². The molecule has 16 nitrogen and oxygen atoms in total. The van der Waals surface area contributed by atoms with E-state index in [4.69, 9.17) is 32.7 Å². The van der Waals surface area contributed by atoms with Gasteiger partial charge in [0.25, 0.3) is 0 Å². The molecular formula is C60H63Cl2N11O5. The first kappa shape index (κ1) is 57.5. The smallest absolute Gasteiger partial charge is 0.224 e. The van der Waals surface area contributed by atoms with Gasteiger partial charge in [0.1, 0.15) is 30.8 Å². The first-order valence-electron chi connectivity index (χ1n) is 25.3. The SMILES string of the molecule is Cc1cc2ncc(C#N)c(Nc3ccc(OCc4ncccc4C)cc3Cl)c2cc1NC(=O)CCCN(C)C.Cc1cc2ncc(C=O)c(Nc3ccc(OCc4ncccc4C)cc3Cl)c2cc1NC(=O)CCCN(C)C. The van der Waals surface area contributed by atoms with Gasteiger partial charge in [0.05, 0.1) is 66.3 Å². The van der Waals surface area contributed by atoms with Crippen LogP contribution in [0.1, 0.15) is 75.2 Å². The average Bonchev–Trinajstić information content (AvgIpc) is 3.50. The average molecular weight is 1090 g/mol. The van der Waals surface area contributed by atoms with Gasteiger partial charge in [-0.15, -0.1) is 0 Å². The second-order valence-corrected chi connectivity index (χ2v) is 20.1. The van der Waals surface area contributed by atoms with E-state index >= 15 is 0 Å². The fourth-order valence-corrected chi connectivity index (χ4v) is 8.68. The molecule has 0 spiro atoms. The Hall–Kier alpha value is -8.20. The molecule has 78 heavy (non-hydrogen) atoms. The Kier molecular flexibility index (Phi) is 20.1. The van der Waals surface area contributed by atoms with Crippen molar-refractivity contribution in [3.8, 4) is 17.6 Å². The van der Waals surface area contributed by atoms with Gasteiger partial charge in [-0.05, 0) is 165 Å². The monoisotopic (exact) mass is 1090 g/mol. The summed E-state index contributed by atoms with van der Waals surface area (Å²) in [6, 6.07) is 28.1. The number of hydrogen-bond acceptors (Lipinski definition) is 14. The molecular weight excluding hydrogens is 1030 g/mol. The van der Waals surface area contributed by atoms with E-state index in [2.05, 4.69) is 47.3 Å². The van der Waals surface area contributed by atoms with Crippen molar-refractivity contribution in [3.05, 3.63) is 165 Å². The van der Waals surface area contributed by atoms with Crippen LogP contribution in [-0.2, 0) is 22.8 Å². The molecule has 0 aliphatic rings. The molecule has 0 fully saturated rings. The highest BCUT2D eigenvalue weighted by molar-refractivity contribution is 6.34. The number of pyridine rings is 4. The summed E-state index contributed by atoms with van der Waals surface area (Å²) in [4.78, 5) is 58.8. The maximum Gasteiger partial charge on any atom is 0.224 e. The number of aldehydes is 1. The number of benzene rings is 4. The predicted molar refractivity (Wildman–Crippen MR) is 312 cm³/mol. The molecule has 8 rings (SSSR count). The van der Waals surface area contributed by atoms with Crippen LogP contribution in [-0.4, -0.2) is 89.1 Å². The number of carbonyl (C=O) groups is 3. The molecule has 2 amide bonds. The summed E-state index contributed by atoms with van der Waals surface area (Å²) in [5.74, 6) is 1.08. The van der Waals surface area contributed by atoms with E-state index in [9.17, 15) is 19.6 Å². The number of carbonyl (C=O) groups excluding carboxylic acids is 3. The number of rotatable bonds is 21. The van der Waals surface area contributed by atoms with Crippen molar-refractivity contribution in [1.29, 1.82) is 5.26 Å². The van der Waals surface area contributed by atoms with Gasteiger partial charge in [0.15, 0.2) is 6.29 Å². The number of nitrogens with one attached hydrogen (secondary N) is 4. The summed E-state index contributed by atoms with van der Waals surface area (Å²) < 4.78 is 11.8. The van der Waals surface area contributed by atoms with Gasteiger partial charge in [0.2, 0.25) is 11.8 Å². The zero-order chi connectivity index (χ0) is 55.9. The maximum absolute atomic E-state index is 12.6. The van der Waals surface area contributed by atoms with Crippen LogP contribution < -0.4 is 30.7 Å². The highest BCUT2D eigenvalue weighted by Crippen LogP contribution is 2.38. The Morgan fingerprint density at radius 1 is 0.603 bits per heavy atom. The van der Waals surface area contributed by atoms with Crippen LogP contribution in [0.2, 0.25) is 10.0 Å². The van der Waals surface area contributed by atoms with E-state index in [0.29, 0.717) is 115 Å². The van der Waals surface area contributed by atoms with Gasteiger partial charge in [-0.2, -0.15) is 5.26 Å². The van der Waals surface area contributed by atoms with Crippen molar-refractivity contribution in [1.82, 2.24) is 29.7 Å². The summed E-state index contributed by atoms with van der Waals surface area (Å²) in [7, 11) is 7.92. The van der Waals surface area contributed by atoms with Crippen LogP contribution in [0.4, 0.5) is 34.1 Å². The van der Waals surface area contributed by atoms with Crippen LogP contribution in [0.25, 0.3) is 21.8 Å². The predicted octanol–water partition coefficient (Wildman–Crippen LogP) is 12.7. The molecule has 0 atom stereocenters. The fraction of sp³-hybridized carbons (Fsp3) is 0.267. The molecule has 0 saturated heterocycles. The van der Waals surface area contributed by atoms with Crippen molar-refractivity contribution < 1.29 is 23.9 Å². The van der Waals surface area contributed by atoms with Crippen molar-refractivity contribution in [3.63, 3.8) is 0 Å². The molecule has 4 heterocycles. The molecule has 4 N–H and O–H groups in total. The Morgan fingerprint density at radius 3 is 1.50 bits per heavy atom. The summed E-state index contributed by atoms with van der Waals surface area (Å²) in [5, 5.41) is 24.7. The van der Waals surface area contributed by atoms with Gasteiger partial charge >= 0.3 is 0 Å². The topological polar surface area (TPSA) is 200 Å². The Morgan fingerprint density at radius 2 is 1.06 bits per heavy atom. The lowest BCUT2D eigenvalue weighted by Crippen LogP contribution is -2.17. The van der Waals surface area contributed by atoms with E-state index in [-0.39, 0.29) is 11.8 Å². The second-order valence-electron chi connectivity index (χ2n) is 19.3.